The first-order valence-corrected chi connectivity index (χ1v) is 12.0. The number of ether oxygens (including phenoxy) is 1. The number of amides is 2. The van der Waals surface area contributed by atoms with Gasteiger partial charge in [0.05, 0.1) is 11.4 Å². The number of nitrogens with one attached hydrogen (secondary N) is 1. The minimum Gasteiger partial charge on any atom is -0.484 e. The van der Waals surface area contributed by atoms with Gasteiger partial charge in [0.15, 0.2) is 6.61 Å². The van der Waals surface area contributed by atoms with Crippen molar-refractivity contribution in [2.75, 3.05) is 43.0 Å². The third-order valence-corrected chi connectivity index (χ3v) is 6.20. The van der Waals surface area contributed by atoms with Gasteiger partial charge < -0.3 is 19.9 Å². The van der Waals surface area contributed by atoms with Crippen LogP contribution in [0.5, 0.6) is 5.75 Å². The summed E-state index contributed by atoms with van der Waals surface area (Å²) in [7, 11) is 0. The molecule has 1 fully saturated rings. The molecule has 2 amide bonds. The molecule has 6 nitrogen and oxygen atoms in total. The van der Waals surface area contributed by atoms with Crippen LogP contribution in [0.3, 0.4) is 0 Å². The van der Waals surface area contributed by atoms with E-state index in [1.165, 1.54) is 5.56 Å². The van der Waals surface area contributed by atoms with Crippen molar-refractivity contribution in [1.29, 1.82) is 0 Å². The third kappa shape index (κ3) is 6.21. The van der Waals surface area contributed by atoms with E-state index in [9.17, 15) is 9.59 Å². The molecule has 1 N–H and O–H groups in total. The molecule has 1 heterocycles. The normalized spacial score (nSPS) is 13.9. The highest BCUT2D eigenvalue weighted by Gasteiger charge is 2.23. The van der Waals surface area contributed by atoms with Gasteiger partial charge in [-0.15, -0.1) is 0 Å². The Morgan fingerprint density at radius 1 is 0.829 bits per heavy atom. The molecular weight excluding hydrogens is 438 g/mol. The summed E-state index contributed by atoms with van der Waals surface area (Å²) in [5.74, 6) is 0.510. The van der Waals surface area contributed by atoms with Crippen LogP contribution in [0.2, 0.25) is 0 Å². The highest BCUT2D eigenvalue weighted by molar-refractivity contribution is 5.96. The Labute approximate surface area is 207 Å². The van der Waals surface area contributed by atoms with E-state index in [0.29, 0.717) is 37.5 Å². The van der Waals surface area contributed by atoms with Gasteiger partial charge in [0.2, 0.25) is 0 Å². The molecule has 35 heavy (non-hydrogen) atoms. The minimum absolute atomic E-state index is 0.0551. The van der Waals surface area contributed by atoms with Gasteiger partial charge >= 0.3 is 0 Å². The maximum atomic E-state index is 12.7. The van der Waals surface area contributed by atoms with Crippen LogP contribution >= 0.6 is 0 Å². The predicted octanol–water partition coefficient (Wildman–Crippen LogP) is 4.96. The van der Waals surface area contributed by atoms with Gasteiger partial charge in [-0.3, -0.25) is 9.59 Å². The van der Waals surface area contributed by atoms with Crippen molar-refractivity contribution < 1.29 is 14.3 Å². The Bertz CT molecular complexity index is 1150. The summed E-state index contributed by atoms with van der Waals surface area (Å²) in [5, 5.41) is 2.99. The summed E-state index contributed by atoms with van der Waals surface area (Å²) in [6, 6.07) is 25.0. The van der Waals surface area contributed by atoms with Gasteiger partial charge in [-0.2, -0.15) is 0 Å². The summed E-state index contributed by atoms with van der Waals surface area (Å²) >= 11 is 0. The second-order valence-corrected chi connectivity index (χ2v) is 9.77. The lowest BCUT2D eigenvalue weighted by Crippen LogP contribution is -2.49. The SMILES string of the molecule is CC(C)(C)c1ccc(OCC(=O)Nc2ccccc2N2CCN(C(=O)c3ccccc3)CC2)cc1. The molecule has 0 saturated carbocycles. The van der Waals surface area contributed by atoms with Crippen molar-refractivity contribution >= 4 is 23.2 Å². The summed E-state index contributed by atoms with van der Waals surface area (Å²) in [5.41, 5.74) is 3.68. The van der Waals surface area contributed by atoms with Crippen LogP contribution in [0.4, 0.5) is 11.4 Å². The van der Waals surface area contributed by atoms with Crippen molar-refractivity contribution in [2.24, 2.45) is 0 Å². The molecule has 0 aromatic heterocycles. The van der Waals surface area contributed by atoms with Crippen LogP contribution in [0.15, 0.2) is 78.9 Å². The van der Waals surface area contributed by atoms with Gasteiger partial charge in [0.1, 0.15) is 5.75 Å². The van der Waals surface area contributed by atoms with Crippen LogP contribution in [-0.2, 0) is 10.2 Å². The van der Waals surface area contributed by atoms with Crippen LogP contribution < -0.4 is 15.0 Å². The molecule has 0 unspecified atom stereocenters. The summed E-state index contributed by atoms with van der Waals surface area (Å²) in [6.07, 6.45) is 0. The zero-order valence-electron chi connectivity index (χ0n) is 20.7. The van der Waals surface area contributed by atoms with Crippen molar-refractivity contribution in [2.45, 2.75) is 26.2 Å². The van der Waals surface area contributed by atoms with E-state index >= 15 is 0 Å². The maximum absolute atomic E-state index is 12.7. The monoisotopic (exact) mass is 471 g/mol. The predicted molar refractivity (Wildman–Crippen MR) is 140 cm³/mol. The Kier molecular flexibility index (Phi) is 7.39. The Morgan fingerprint density at radius 2 is 1.46 bits per heavy atom. The largest absolute Gasteiger partial charge is 0.484 e. The molecule has 0 radical (unpaired) electrons. The maximum Gasteiger partial charge on any atom is 0.262 e. The van der Waals surface area contributed by atoms with Crippen LogP contribution in [0, 0.1) is 0 Å². The van der Waals surface area contributed by atoms with Gasteiger partial charge in [-0.05, 0) is 47.4 Å². The molecule has 182 valence electrons. The summed E-state index contributed by atoms with van der Waals surface area (Å²) < 4.78 is 5.71. The number of hydrogen-bond acceptors (Lipinski definition) is 4. The number of rotatable bonds is 6. The lowest BCUT2D eigenvalue weighted by Gasteiger charge is -2.37. The molecule has 0 atom stereocenters. The Balaban J connectivity index is 1.33. The van der Waals surface area contributed by atoms with E-state index in [2.05, 4.69) is 31.0 Å². The summed E-state index contributed by atoms with van der Waals surface area (Å²) in [6.45, 7) is 9.07. The number of carbonyl (C=O) groups excluding carboxylic acids is 2. The highest BCUT2D eigenvalue weighted by Crippen LogP contribution is 2.27. The van der Waals surface area contributed by atoms with E-state index < -0.39 is 0 Å². The third-order valence-electron chi connectivity index (χ3n) is 6.20. The molecule has 0 aliphatic carbocycles. The first-order chi connectivity index (χ1) is 16.8. The fourth-order valence-electron chi connectivity index (χ4n) is 4.16. The fraction of sp³-hybridized carbons (Fsp3) is 0.310. The van der Waals surface area contributed by atoms with Crippen LogP contribution in [0.25, 0.3) is 0 Å². The number of hydrogen-bond donors (Lipinski definition) is 1. The molecule has 0 bridgehead atoms. The zero-order chi connectivity index (χ0) is 24.8. The number of piperazine rings is 1. The second-order valence-electron chi connectivity index (χ2n) is 9.77. The average molecular weight is 472 g/mol. The van der Waals surface area contributed by atoms with Gasteiger partial charge in [0.25, 0.3) is 11.8 Å². The lowest BCUT2D eigenvalue weighted by atomic mass is 9.87. The van der Waals surface area contributed by atoms with Crippen LogP contribution in [0.1, 0.15) is 36.7 Å². The van der Waals surface area contributed by atoms with Gasteiger partial charge in [-0.1, -0.05) is 63.2 Å². The number of anilines is 2. The molecule has 1 aliphatic rings. The van der Waals surface area contributed by atoms with E-state index in [0.717, 1.165) is 11.4 Å². The van der Waals surface area contributed by atoms with E-state index in [-0.39, 0.29) is 23.8 Å². The zero-order valence-corrected chi connectivity index (χ0v) is 20.7. The summed E-state index contributed by atoms with van der Waals surface area (Å²) in [4.78, 5) is 29.5. The molecule has 4 rings (SSSR count). The Hall–Kier alpha value is -3.80. The molecular formula is C29H33N3O3. The van der Waals surface area contributed by atoms with E-state index in [1.807, 2.05) is 83.8 Å². The quantitative estimate of drug-likeness (QED) is 0.552. The molecule has 1 aliphatic heterocycles. The van der Waals surface area contributed by atoms with E-state index in [1.54, 1.807) is 0 Å². The molecule has 0 spiro atoms. The number of carbonyl (C=O) groups is 2. The second kappa shape index (κ2) is 10.6. The molecule has 6 heteroatoms. The smallest absolute Gasteiger partial charge is 0.262 e. The standard InChI is InChI=1S/C29H33N3O3/c1-29(2,3)23-13-15-24(16-14-23)35-21-27(33)30-25-11-7-8-12-26(25)31-17-19-32(20-18-31)28(34)22-9-5-4-6-10-22/h4-16H,17-21H2,1-3H3,(H,30,33). The van der Waals surface area contributed by atoms with Gasteiger partial charge in [0, 0.05) is 31.7 Å². The molecule has 1 saturated heterocycles. The molecule has 3 aromatic rings. The van der Waals surface area contributed by atoms with Crippen molar-refractivity contribution in [3.63, 3.8) is 0 Å². The van der Waals surface area contributed by atoms with Crippen molar-refractivity contribution in [3.05, 3.63) is 90.0 Å². The molecule has 3 aromatic carbocycles. The lowest BCUT2D eigenvalue weighted by molar-refractivity contribution is -0.118. The van der Waals surface area contributed by atoms with E-state index in [4.69, 9.17) is 4.74 Å². The average Bonchev–Trinajstić information content (AvgIpc) is 2.88. The first kappa shape index (κ1) is 24.3. The number of para-hydroxylation sites is 2. The number of benzene rings is 3. The highest BCUT2D eigenvalue weighted by atomic mass is 16.5. The van der Waals surface area contributed by atoms with Gasteiger partial charge in [-0.25, -0.2) is 0 Å². The topological polar surface area (TPSA) is 61.9 Å². The van der Waals surface area contributed by atoms with Crippen molar-refractivity contribution in [1.82, 2.24) is 4.90 Å². The minimum atomic E-state index is -0.213. The Morgan fingerprint density at radius 3 is 2.11 bits per heavy atom. The first-order valence-electron chi connectivity index (χ1n) is 12.0. The number of nitrogens with zero attached hydrogens (tertiary/aromatic N) is 2. The van der Waals surface area contributed by atoms with Crippen molar-refractivity contribution in [3.8, 4) is 5.75 Å². The van der Waals surface area contributed by atoms with Crippen LogP contribution in [-0.4, -0.2) is 49.5 Å². The fourth-order valence-corrected chi connectivity index (χ4v) is 4.16.